The van der Waals surface area contributed by atoms with Gasteiger partial charge in [0, 0.05) is 16.7 Å². The first-order valence-electron chi connectivity index (χ1n) is 18.4. The lowest BCUT2D eigenvalue weighted by Crippen LogP contribution is -1.96. The fraction of sp³-hybridized carbons (Fsp3) is 0. The van der Waals surface area contributed by atoms with E-state index in [0.717, 1.165) is 39.2 Å². The SMILES string of the molecule is c1ccc(-c2ccc(-c3nc(-c4ccc(-c5c6ccccc6cc6c5ccc5ccccc56)cc4)cc(-c4cccc(-c5ccccc5)c4)n3)cc2)cc1. The fourth-order valence-electron chi connectivity index (χ4n) is 7.74. The Labute approximate surface area is 314 Å². The van der Waals surface area contributed by atoms with Crippen LogP contribution in [0, 0.1) is 0 Å². The molecule has 0 aliphatic rings. The minimum Gasteiger partial charge on any atom is -0.228 e. The lowest BCUT2D eigenvalue weighted by atomic mass is 9.89. The van der Waals surface area contributed by atoms with Crippen LogP contribution in [-0.4, -0.2) is 9.97 Å². The number of aromatic nitrogens is 2. The molecule has 10 rings (SSSR count). The van der Waals surface area contributed by atoms with Crippen molar-refractivity contribution in [2.75, 3.05) is 0 Å². The van der Waals surface area contributed by atoms with Gasteiger partial charge < -0.3 is 0 Å². The van der Waals surface area contributed by atoms with Gasteiger partial charge in [-0.05, 0) is 83.9 Å². The van der Waals surface area contributed by atoms with Crippen molar-refractivity contribution in [1.29, 1.82) is 0 Å². The quantitative estimate of drug-likeness (QED) is 0.129. The smallest absolute Gasteiger partial charge is 0.160 e. The predicted octanol–water partition coefficient (Wildman–Crippen LogP) is 13.9. The molecule has 0 saturated heterocycles. The molecule has 0 amide bonds. The second-order valence-electron chi connectivity index (χ2n) is 13.8. The Morgan fingerprint density at radius 2 is 0.759 bits per heavy atom. The highest BCUT2D eigenvalue weighted by molar-refractivity contribution is 6.20. The number of rotatable bonds is 6. The van der Waals surface area contributed by atoms with Gasteiger partial charge in [0.05, 0.1) is 11.4 Å². The zero-order valence-corrected chi connectivity index (χ0v) is 29.5. The molecule has 0 saturated carbocycles. The van der Waals surface area contributed by atoms with Crippen molar-refractivity contribution in [2.24, 2.45) is 0 Å². The van der Waals surface area contributed by atoms with E-state index in [-0.39, 0.29) is 0 Å². The Morgan fingerprint density at radius 3 is 1.50 bits per heavy atom. The predicted molar refractivity (Wildman–Crippen MR) is 227 cm³/mol. The van der Waals surface area contributed by atoms with Gasteiger partial charge in [-0.2, -0.15) is 0 Å². The first-order valence-corrected chi connectivity index (χ1v) is 18.4. The highest BCUT2D eigenvalue weighted by atomic mass is 14.9. The molecule has 1 aromatic heterocycles. The van der Waals surface area contributed by atoms with Gasteiger partial charge in [0.2, 0.25) is 0 Å². The summed E-state index contributed by atoms with van der Waals surface area (Å²) in [7, 11) is 0. The third-order valence-corrected chi connectivity index (χ3v) is 10.5. The minimum atomic E-state index is 0.697. The number of nitrogens with zero attached hydrogens (tertiary/aromatic N) is 2. The van der Waals surface area contributed by atoms with Crippen LogP contribution < -0.4 is 0 Å². The summed E-state index contributed by atoms with van der Waals surface area (Å²) < 4.78 is 0. The summed E-state index contributed by atoms with van der Waals surface area (Å²) in [6.07, 6.45) is 0. The lowest BCUT2D eigenvalue weighted by molar-refractivity contribution is 1.18. The first-order chi connectivity index (χ1) is 26.7. The number of fused-ring (bicyclic) bond motifs is 4. The van der Waals surface area contributed by atoms with Crippen LogP contribution in [0.3, 0.4) is 0 Å². The van der Waals surface area contributed by atoms with Crippen molar-refractivity contribution in [3.05, 3.63) is 206 Å². The molecule has 252 valence electrons. The monoisotopic (exact) mass is 686 g/mol. The average molecular weight is 687 g/mol. The molecule has 0 atom stereocenters. The average Bonchev–Trinajstić information content (AvgIpc) is 3.26. The molecule has 2 heteroatoms. The lowest BCUT2D eigenvalue weighted by Gasteiger charge is -2.15. The molecule has 54 heavy (non-hydrogen) atoms. The molecule has 10 aromatic rings. The van der Waals surface area contributed by atoms with Gasteiger partial charge in [-0.3, -0.25) is 0 Å². The van der Waals surface area contributed by atoms with Crippen LogP contribution in [0.2, 0.25) is 0 Å². The van der Waals surface area contributed by atoms with Crippen LogP contribution in [0.15, 0.2) is 206 Å². The van der Waals surface area contributed by atoms with Crippen LogP contribution >= 0.6 is 0 Å². The number of hydrogen-bond donors (Lipinski definition) is 0. The van der Waals surface area contributed by atoms with E-state index in [2.05, 4.69) is 200 Å². The van der Waals surface area contributed by atoms with E-state index in [4.69, 9.17) is 9.97 Å². The molecule has 0 unspecified atom stereocenters. The Morgan fingerprint density at radius 1 is 0.241 bits per heavy atom. The summed E-state index contributed by atoms with van der Waals surface area (Å²) in [6.45, 7) is 0. The van der Waals surface area contributed by atoms with Crippen LogP contribution in [0.25, 0.3) is 99.6 Å². The van der Waals surface area contributed by atoms with E-state index in [1.54, 1.807) is 0 Å². The number of benzene rings is 9. The molecule has 0 radical (unpaired) electrons. The largest absolute Gasteiger partial charge is 0.228 e. The van der Waals surface area contributed by atoms with Crippen LogP contribution in [-0.2, 0) is 0 Å². The second-order valence-corrected chi connectivity index (χ2v) is 13.8. The van der Waals surface area contributed by atoms with E-state index in [0.29, 0.717) is 5.82 Å². The maximum absolute atomic E-state index is 5.21. The second kappa shape index (κ2) is 13.4. The standard InChI is InChI=1S/C52H34N2/c1-3-12-35(13-4-1)37-22-28-41(29-23-37)52-53-49(34-50(54-52)44-19-11-18-42(32-44)36-14-5-2-6-15-36)39-24-26-40(27-25-39)51-46-21-10-8-17-43(46)33-48-45-20-9-7-16-38(45)30-31-47(48)51/h1-34H. The van der Waals surface area contributed by atoms with E-state index >= 15 is 0 Å². The Hall–Kier alpha value is -7.16. The van der Waals surface area contributed by atoms with E-state index in [9.17, 15) is 0 Å². The van der Waals surface area contributed by atoms with Gasteiger partial charge >= 0.3 is 0 Å². The third kappa shape index (κ3) is 5.81. The zero-order chi connectivity index (χ0) is 35.8. The Kier molecular flexibility index (Phi) is 7.85. The molecular weight excluding hydrogens is 653 g/mol. The minimum absolute atomic E-state index is 0.697. The van der Waals surface area contributed by atoms with E-state index in [1.165, 1.54) is 54.6 Å². The summed E-state index contributed by atoms with van der Waals surface area (Å²) >= 11 is 0. The molecule has 0 bridgehead atoms. The highest BCUT2D eigenvalue weighted by Gasteiger charge is 2.15. The third-order valence-electron chi connectivity index (χ3n) is 10.5. The van der Waals surface area contributed by atoms with E-state index < -0.39 is 0 Å². The van der Waals surface area contributed by atoms with Gasteiger partial charge in [0.25, 0.3) is 0 Å². The van der Waals surface area contributed by atoms with Gasteiger partial charge in [0.1, 0.15) is 0 Å². The van der Waals surface area contributed by atoms with Crippen molar-refractivity contribution in [3.63, 3.8) is 0 Å². The Balaban J connectivity index is 1.10. The molecule has 0 spiro atoms. The summed E-state index contributed by atoms with van der Waals surface area (Å²) in [5, 5.41) is 7.53. The van der Waals surface area contributed by atoms with Gasteiger partial charge in [-0.15, -0.1) is 0 Å². The number of hydrogen-bond acceptors (Lipinski definition) is 2. The van der Waals surface area contributed by atoms with Crippen LogP contribution in [0.5, 0.6) is 0 Å². The molecule has 0 fully saturated rings. The maximum atomic E-state index is 5.21. The van der Waals surface area contributed by atoms with Crippen molar-refractivity contribution in [1.82, 2.24) is 9.97 Å². The fourth-order valence-corrected chi connectivity index (χ4v) is 7.74. The van der Waals surface area contributed by atoms with Crippen molar-refractivity contribution < 1.29 is 0 Å². The summed E-state index contributed by atoms with van der Waals surface area (Å²) in [4.78, 5) is 10.4. The molecule has 0 N–H and O–H groups in total. The normalized spacial score (nSPS) is 11.3. The molecule has 1 heterocycles. The zero-order valence-electron chi connectivity index (χ0n) is 29.5. The van der Waals surface area contributed by atoms with Crippen LogP contribution in [0.4, 0.5) is 0 Å². The van der Waals surface area contributed by atoms with Gasteiger partial charge in [0.15, 0.2) is 5.82 Å². The van der Waals surface area contributed by atoms with Crippen molar-refractivity contribution in [3.8, 4) is 67.3 Å². The highest BCUT2D eigenvalue weighted by Crippen LogP contribution is 2.40. The van der Waals surface area contributed by atoms with Gasteiger partial charge in [-0.25, -0.2) is 9.97 Å². The van der Waals surface area contributed by atoms with Crippen LogP contribution in [0.1, 0.15) is 0 Å². The summed E-state index contributed by atoms with van der Waals surface area (Å²) in [5.74, 6) is 0.697. The molecule has 9 aromatic carbocycles. The van der Waals surface area contributed by atoms with E-state index in [1.807, 2.05) is 6.07 Å². The molecule has 2 nitrogen and oxygen atoms in total. The summed E-state index contributed by atoms with van der Waals surface area (Å²) in [6, 6.07) is 73.4. The first kappa shape index (κ1) is 31.6. The molecule has 0 aliphatic carbocycles. The van der Waals surface area contributed by atoms with Crippen molar-refractivity contribution >= 4 is 32.3 Å². The Bertz CT molecular complexity index is 2950. The van der Waals surface area contributed by atoms with Gasteiger partial charge in [-0.1, -0.05) is 188 Å². The molecular formula is C52H34N2. The summed E-state index contributed by atoms with van der Waals surface area (Å²) in [5.41, 5.74) is 11.9. The maximum Gasteiger partial charge on any atom is 0.160 e. The van der Waals surface area contributed by atoms with Crippen molar-refractivity contribution in [2.45, 2.75) is 0 Å². The topological polar surface area (TPSA) is 25.8 Å². The molecule has 0 aliphatic heterocycles.